The van der Waals surface area contributed by atoms with Crippen molar-refractivity contribution in [2.45, 2.75) is 13.0 Å². The van der Waals surface area contributed by atoms with Crippen LogP contribution in [0.1, 0.15) is 6.42 Å². The monoisotopic (exact) mass is 209 g/mol. The number of rotatable bonds is 3. The minimum Gasteiger partial charge on any atom is -0.332 e. The van der Waals surface area contributed by atoms with Gasteiger partial charge in [-0.1, -0.05) is 12.2 Å². The fourth-order valence-electron chi connectivity index (χ4n) is 0.972. The molecular formula is C8H7N3O2S. The van der Waals surface area contributed by atoms with Gasteiger partial charge in [0.2, 0.25) is 0 Å². The molecule has 6 heteroatoms. The number of hydrogen-bond acceptors (Lipinski definition) is 4. The lowest BCUT2D eigenvalue weighted by molar-refractivity contribution is -0.385. The summed E-state index contributed by atoms with van der Waals surface area (Å²) in [5.41, 5.74) is -0.0171. The summed E-state index contributed by atoms with van der Waals surface area (Å²) < 4.78 is 2.02. The highest BCUT2D eigenvalue weighted by molar-refractivity contribution is 7.71. The summed E-state index contributed by atoms with van der Waals surface area (Å²) in [6.45, 7) is 0.386. The van der Waals surface area contributed by atoms with Gasteiger partial charge in [-0.05, 0) is 6.07 Å². The first-order valence-electron chi connectivity index (χ1n) is 3.87. The van der Waals surface area contributed by atoms with Gasteiger partial charge in [0, 0.05) is 12.6 Å². The first-order valence-corrected chi connectivity index (χ1v) is 4.28. The highest BCUT2D eigenvalue weighted by Crippen LogP contribution is 2.10. The third-order valence-electron chi connectivity index (χ3n) is 1.64. The van der Waals surface area contributed by atoms with E-state index in [1.165, 1.54) is 22.9 Å². The van der Waals surface area contributed by atoms with Crippen molar-refractivity contribution in [2.24, 2.45) is 0 Å². The van der Waals surface area contributed by atoms with E-state index in [0.29, 0.717) is 11.2 Å². The van der Waals surface area contributed by atoms with E-state index >= 15 is 0 Å². The molecule has 0 saturated heterocycles. The standard InChI is InChI=1S/C8H7N3O2S/c9-4-1-5-10-6-7(11(12)13)2-3-8(10)14/h2-3,6H,1,5H2. The van der Waals surface area contributed by atoms with E-state index in [0.717, 1.165) is 0 Å². The molecule has 1 rings (SSSR count). The number of aromatic nitrogens is 1. The molecule has 0 N–H and O–H groups in total. The van der Waals surface area contributed by atoms with E-state index in [4.69, 9.17) is 17.5 Å². The van der Waals surface area contributed by atoms with E-state index in [1.54, 1.807) is 0 Å². The van der Waals surface area contributed by atoms with Crippen molar-refractivity contribution in [3.63, 3.8) is 0 Å². The van der Waals surface area contributed by atoms with E-state index in [1.807, 2.05) is 6.07 Å². The highest BCUT2D eigenvalue weighted by atomic mass is 32.1. The summed E-state index contributed by atoms with van der Waals surface area (Å²) in [4.78, 5) is 9.94. The number of hydrogen-bond donors (Lipinski definition) is 0. The predicted molar refractivity (Wildman–Crippen MR) is 52.2 cm³/mol. The number of nitrogens with zero attached hydrogens (tertiary/aromatic N) is 3. The fourth-order valence-corrected chi connectivity index (χ4v) is 1.18. The second-order valence-corrected chi connectivity index (χ2v) is 3.00. The third kappa shape index (κ3) is 2.37. The van der Waals surface area contributed by atoms with Crippen molar-refractivity contribution in [3.05, 3.63) is 33.1 Å². The summed E-state index contributed by atoms with van der Waals surface area (Å²) in [6.07, 6.45) is 1.63. The zero-order valence-electron chi connectivity index (χ0n) is 7.21. The van der Waals surface area contributed by atoms with Crippen molar-refractivity contribution in [1.29, 1.82) is 5.26 Å². The minimum absolute atomic E-state index is 0.0171. The molecular weight excluding hydrogens is 202 g/mol. The Morgan fingerprint density at radius 3 is 2.93 bits per heavy atom. The maximum absolute atomic E-state index is 10.4. The molecule has 0 aliphatic heterocycles. The first-order chi connectivity index (χ1) is 6.65. The van der Waals surface area contributed by atoms with E-state index < -0.39 is 4.92 Å². The third-order valence-corrected chi connectivity index (χ3v) is 2.01. The van der Waals surface area contributed by atoms with Crippen LogP contribution >= 0.6 is 12.2 Å². The van der Waals surface area contributed by atoms with Crippen molar-refractivity contribution in [3.8, 4) is 6.07 Å². The minimum atomic E-state index is -0.488. The summed E-state index contributed by atoms with van der Waals surface area (Å²) >= 11 is 4.94. The van der Waals surface area contributed by atoms with Gasteiger partial charge in [0.25, 0.3) is 5.69 Å². The quantitative estimate of drug-likeness (QED) is 0.434. The van der Waals surface area contributed by atoms with Gasteiger partial charge in [0.15, 0.2) is 0 Å². The Morgan fingerprint density at radius 1 is 1.64 bits per heavy atom. The fraction of sp³-hybridized carbons (Fsp3) is 0.250. The van der Waals surface area contributed by atoms with Gasteiger partial charge in [0.1, 0.15) is 4.64 Å². The van der Waals surface area contributed by atoms with Crippen LogP contribution in [0.15, 0.2) is 18.3 Å². The maximum atomic E-state index is 10.4. The van der Waals surface area contributed by atoms with Crippen LogP contribution in [0.25, 0.3) is 0 Å². The molecule has 0 saturated carbocycles. The molecule has 0 aromatic carbocycles. The van der Waals surface area contributed by atoms with Crippen molar-refractivity contribution >= 4 is 17.9 Å². The number of nitro groups is 1. The van der Waals surface area contributed by atoms with Gasteiger partial charge in [-0.2, -0.15) is 5.26 Å². The molecule has 72 valence electrons. The number of nitriles is 1. The molecule has 0 amide bonds. The van der Waals surface area contributed by atoms with Crippen molar-refractivity contribution in [1.82, 2.24) is 4.57 Å². The van der Waals surface area contributed by atoms with Crippen LogP contribution in [0.3, 0.4) is 0 Å². The van der Waals surface area contributed by atoms with Crippen molar-refractivity contribution < 1.29 is 4.92 Å². The normalized spacial score (nSPS) is 9.36. The van der Waals surface area contributed by atoms with Crippen LogP contribution in [0, 0.1) is 26.1 Å². The second kappa shape index (κ2) is 4.48. The number of pyridine rings is 1. The molecule has 5 nitrogen and oxygen atoms in total. The van der Waals surface area contributed by atoms with Gasteiger partial charge in [0.05, 0.1) is 23.6 Å². The lowest BCUT2D eigenvalue weighted by atomic mass is 10.4. The van der Waals surface area contributed by atoms with Gasteiger partial charge in [-0.25, -0.2) is 0 Å². The van der Waals surface area contributed by atoms with Gasteiger partial charge in [-0.3, -0.25) is 10.1 Å². The molecule has 0 bridgehead atoms. The molecule has 0 atom stereocenters. The molecule has 0 aliphatic carbocycles. The van der Waals surface area contributed by atoms with Crippen molar-refractivity contribution in [2.75, 3.05) is 0 Å². The average molecular weight is 209 g/mol. The van der Waals surface area contributed by atoms with E-state index in [2.05, 4.69) is 0 Å². The second-order valence-electron chi connectivity index (χ2n) is 2.58. The summed E-state index contributed by atoms with van der Waals surface area (Å²) in [6, 6.07) is 4.80. The lowest BCUT2D eigenvalue weighted by Crippen LogP contribution is -2.01. The summed E-state index contributed by atoms with van der Waals surface area (Å²) in [5, 5.41) is 18.8. The lowest BCUT2D eigenvalue weighted by Gasteiger charge is -2.02. The Bertz CT molecular complexity index is 447. The van der Waals surface area contributed by atoms with Crippen LogP contribution in [0.4, 0.5) is 5.69 Å². The molecule has 0 unspecified atom stereocenters. The zero-order valence-corrected chi connectivity index (χ0v) is 8.03. The topological polar surface area (TPSA) is 71.9 Å². The van der Waals surface area contributed by atoms with Gasteiger partial charge in [-0.15, -0.1) is 0 Å². The predicted octanol–water partition coefficient (Wildman–Crippen LogP) is 2.04. The number of aryl methyl sites for hydroxylation is 1. The zero-order chi connectivity index (χ0) is 10.6. The summed E-state index contributed by atoms with van der Waals surface area (Å²) in [5.74, 6) is 0. The van der Waals surface area contributed by atoms with E-state index in [9.17, 15) is 10.1 Å². The molecule has 1 aromatic rings. The van der Waals surface area contributed by atoms with Gasteiger partial charge < -0.3 is 4.57 Å². The van der Waals surface area contributed by atoms with Crippen LogP contribution in [-0.4, -0.2) is 9.49 Å². The smallest absolute Gasteiger partial charge is 0.285 e. The molecule has 0 spiro atoms. The molecule has 14 heavy (non-hydrogen) atoms. The summed E-state index contributed by atoms with van der Waals surface area (Å²) in [7, 11) is 0. The maximum Gasteiger partial charge on any atom is 0.285 e. The van der Waals surface area contributed by atoms with E-state index in [-0.39, 0.29) is 12.1 Å². The Hall–Kier alpha value is -1.74. The van der Waals surface area contributed by atoms with Gasteiger partial charge >= 0.3 is 0 Å². The van der Waals surface area contributed by atoms with Crippen LogP contribution in [0.2, 0.25) is 0 Å². The van der Waals surface area contributed by atoms with Crippen LogP contribution in [-0.2, 0) is 6.54 Å². The first kappa shape index (κ1) is 10.3. The molecule has 0 aliphatic rings. The average Bonchev–Trinajstić information content (AvgIpc) is 2.16. The molecule has 0 fully saturated rings. The van der Waals surface area contributed by atoms with Crippen LogP contribution < -0.4 is 0 Å². The Morgan fingerprint density at radius 2 is 2.36 bits per heavy atom. The van der Waals surface area contributed by atoms with Crippen LogP contribution in [0.5, 0.6) is 0 Å². The molecule has 1 aromatic heterocycles. The Labute approximate surface area is 85.4 Å². The Kier molecular flexibility index (Phi) is 3.31. The molecule has 0 radical (unpaired) electrons. The largest absolute Gasteiger partial charge is 0.332 e. The highest BCUT2D eigenvalue weighted by Gasteiger charge is 2.05. The SMILES string of the molecule is N#CCCn1cc([N+](=O)[O-])ccc1=S. The Balaban J connectivity index is 3.03. The molecule has 1 heterocycles.